The molecule has 0 aliphatic carbocycles. The summed E-state index contributed by atoms with van der Waals surface area (Å²) in [6.45, 7) is 6.54. The van der Waals surface area contributed by atoms with E-state index < -0.39 is 12.0 Å². The minimum atomic E-state index is -0.944. The van der Waals surface area contributed by atoms with E-state index in [4.69, 9.17) is 10.5 Å². The van der Waals surface area contributed by atoms with E-state index in [1.807, 2.05) is 51.1 Å². The van der Waals surface area contributed by atoms with Gasteiger partial charge in [-0.1, -0.05) is 51.1 Å². The number of H-pyrrole nitrogens is 1. The normalized spacial score (nSPS) is 19.2. The van der Waals surface area contributed by atoms with E-state index >= 15 is 0 Å². The zero-order valence-corrected chi connectivity index (χ0v) is 18.5. The van der Waals surface area contributed by atoms with Crippen molar-refractivity contribution in [2.75, 3.05) is 6.54 Å². The minimum absolute atomic E-state index is 0.300. The number of nitrogens with zero attached hydrogens (tertiary/aromatic N) is 2. The first-order valence-electron chi connectivity index (χ1n) is 10.7. The summed E-state index contributed by atoms with van der Waals surface area (Å²) < 4.78 is 6.44. The Kier molecular flexibility index (Phi) is 5.54. The summed E-state index contributed by atoms with van der Waals surface area (Å²) in [5.41, 5.74) is 7.44. The first kappa shape index (κ1) is 21.7. The first-order chi connectivity index (χ1) is 15.2. The fourth-order valence-electron chi connectivity index (χ4n) is 4.58. The highest BCUT2D eigenvalue weighted by Gasteiger charge is 2.43. The number of piperidine rings is 1. The number of benzene rings is 2. The van der Waals surface area contributed by atoms with Crippen LogP contribution in [-0.4, -0.2) is 50.7 Å². The molecule has 0 saturated carbocycles. The molecule has 1 saturated heterocycles. The van der Waals surface area contributed by atoms with Crippen LogP contribution in [0.2, 0.25) is 0 Å². The van der Waals surface area contributed by atoms with Gasteiger partial charge in [0.15, 0.2) is 0 Å². The highest BCUT2D eigenvalue weighted by molar-refractivity contribution is 6.06. The summed E-state index contributed by atoms with van der Waals surface area (Å²) in [5.74, 6) is 0.545. The molecule has 1 aliphatic heterocycles. The number of nitrogens with one attached hydrogen (secondary N) is 1. The Labute approximate surface area is 186 Å². The van der Waals surface area contributed by atoms with Crippen molar-refractivity contribution in [1.29, 1.82) is 0 Å². The van der Waals surface area contributed by atoms with Crippen molar-refractivity contribution < 1.29 is 19.4 Å². The second-order valence-electron chi connectivity index (χ2n) is 9.24. The average Bonchev–Trinajstić information content (AvgIpc) is 3.19. The van der Waals surface area contributed by atoms with Gasteiger partial charge < -0.3 is 25.5 Å². The summed E-state index contributed by atoms with van der Waals surface area (Å²) in [5, 5.41) is 9.76. The van der Waals surface area contributed by atoms with E-state index in [9.17, 15) is 14.7 Å². The van der Waals surface area contributed by atoms with Crippen molar-refractivity contribution >= 4 is 23.0 Å². The van der Waals surface area contributed by atoms with E-state index in [-0.39, 0.29) is 17.6 Å². The number of carbonyl (C=O) groups excluding carboxylic acids is 1. The first-order valence-corrected chi connectivity index (χ1v) is 10.7. The smallest absolute Gasteiger partial charge is 0.407 e. The number of hydrogen-bond donors (Lipinski definition) is 3. The minimum Gasteiger partial charge on any atom is -0.486 e. The van der Waals surface area contributed by atoms with Crippen LogP contribution in [-0.2, 0) is 0 Å². The lowest BCUT2D eigenvalue weighted by atomic mass is 9.79. The molecule has 4 N–H and O–H groups in total. The number of carbonyl (C=O) groups is 2. The van der Waals surface area contributed by atoms with Crippen LogP contribution in [0.25, 0.3) is 22.4 Å². The van der Waals surface area contributed by atoms with Gasteiger partial charge in [0, 0.05) is 12.1 Å². The molecule has 1 unspecified atom stereocenters. The standard InChI is InChI=1S/C24H28N4O4/c1-24(2,3)20-17(10-7-13-28(20)23(30)31)32-16-12-11-15(21(25)29)18-19(16)27-22(26-18)14-8-5-4-6-9-14/h4-6,8-9,11-12,17,20H,7,10,13H2,1-3H3,(H2,25,29)(H,26,27)(H,30,31)/t17-,20?/m0/s1. The largest absolute Gasteiger partial charge is 0.486 e. The molecule has 32 heavy (non-hydrogen) atoms. The number of ether oxygens (including phenoxy) is 1. The van der Waals surface area contributed by atoms with Crippen molar-refractivity contribution in [3.63, 3.8) is 0 Å². The number of amides is 2. The second kappa shape index (κ2) is 8.18. The molecule has 0 bridgehead atoms. The molecule has 2 amide bonds. The van der Waals surface area contributed by atoms with Crippen LogP contribution in [0.15, 0.2) is 42.5 Å². The van der Waals surface area contributed by atoms with Crippen LogP contribution in [0, 0.1) is 5.41 Å². The lowest BCUT2D eigenvalue weighted by molar-refractivity contribution is -0.0179. The monoisotopic (exact) mass is 436 g/mol. The zero-order chi connectivity index (χ0) is 23.0. The number of carboxylic acid groups (broad SMARTS) is 1. The molecule has 168 valence electrons. The Morgan fingerprint density at radius 2 is 1.91 bits per heavy atom. The molecular weight excluding hydrogens is 408 g/mol. The maximum absolute atomic E-state index is 12.0. The average molecular weight is 437 g/mol. The third-order valence-electron chi connectivity index (χ3n) is 5.91. The van der Waals surface area contributed by atoms with Crippen LogP contribution in [0.3, 0.4) is 0 Å². The summed E-state index contributed by atoms with van der Waals surface area (Å²) in [4.78, 5) is 33.3. The lowest BCUT2D eigenvalue weighted by Crippen LogP contribution is -2.58. The predicted octanol–water partition coefficient (Wildman–Crippen LogP) is 4.26. The Balaban J connectivity index is 1.78. The number of imidazole rings is 1. The Bertz CT molecular complexity index is 1150. The molecule has 2 atom stereocenters. The van der Waals surface area contributed by atoms with E-state index in [1.54, 1.807) is 12.1 Å². The molecule has 0 spiro atoms. The van der Waals surface area contributed by atoms with E-state index in [2.05, 4.69) is 9.97 Å². The van der Waals surface area contributed by atoms with E-state index in [1.165, 1.54) is 4.90 Å². The number of primary amides is 1. The maximum atomic E-state index is 12.0. The molecular formula is C24H28N4O4. The molecule has 8 heteroatoms. The van der Waals surface area contributed by atoms with Gasteiger partial charge in [0.05, 0.1) is 11.6 Å². The van der Waals surface area contributed by atoms with Crippen molar-refractivity contribution in [3.05, 3.63) is 48.0 Å². The molecule has 2 aromatic carbocycles. The van der Waals surface area contributed by atoms with Crippen molar-refractivity contribution in [2.24, 2.45) is 11.1 Å². The van der Waals surface area contributed by atoms with Gasteiger partial charge in [-0.25, -0.2) is 9.78 Å². The van der Waals surface area contributed by atoms with Gasteiger partial charge in [-0.15, -0.1) is 0 Å². The fourth-order valence-corrected chi connectivity index (χ4v) is 4.58. The molecule has 3 aromatic rings. The number of likely N-dealkylation sites (tertiary alicyclic amines) is 1. The molecule has 1 aromatic heterocycles. The van der Waals surface area contributed by atoms with Gasteiger partial charge in [-0.05, 0) is 30.4 Å². The lowest BCUT2D eigenvalue weighted by Gasteiger charge is -2.46. The van der Waals surface area contributed by atoms with Crippen LogP contribution in [0.4, 0.5) is 4.79 Å². The second-order valence-corrected chi connectivity index (χ2v) is 9.24. The number of nitrogens with two attached hydrogens (primary N) is 1. The number of fused-ring (bicyclic) bond motifs is 1. The van der Waals surface area contributed by atoms with Crippen LogP contribution in [0.5, 0.6) is 5.75 Å². The maximum Gasteiger partial charge on any atom is 0.407 e. The Morgan fingerprint density at radius 1 is 1.19 bits per heavy atom. The third-order valence-corrected chi connectivity index (χ3v) is 5.91. The van der Waals surface area contributed by atoms with Gasteiger partial charge >= 0.3 is 6.09 Å². The van der Waals surface area contributed by atoms with E-state index in [0.29, 0.717) is 41.1 Å². The summed E-state index contributed by atoms with van der Waals surface area (Å²) in [7, 11) is 0. The SMILES string of the molecule is CC(C)(C)C1[C@@H](Oc2ccc(C(N)=O)c3nc(-c4ccccc4)[nH]c23)CCCN1C(=O)O. The van der Waals surface area contributed by atoms with E-state index in [0.717, 1.165) is 12.0 Å². The molecule has 0 radical (unpaired) electrons. The van der Waals surface area contributed by atoms with Gasteiger partial charge in [0.2, 0.25) is 0 Å². The quantitative estimate of drug-likeness (QED) is 0.564. The Morgan fingerprint density at radius 3 is 2.53 bits per heavy atom. The van der Waals surface area contributed by atoms with Gasteiger partial charge in [0.25, 0.3) is 5.91 Å². The summed E-state index contributed by atoms with van der Waals surface area (Å²) in [6.07, 6.45) is 0.153. The Hall–Kier alpha value is -3.55. The molecule has 2 heterocycles. The summed E-state index contributed by atoms with van der Waals surface area (Å²) in [6, 6.07) is 12.6. The highest BCUT2D eigenvalue weighted by atomic mass is 16.5. The van der Waals surface area contributed by atoms with Crippen LogP contribution < -0.4 is 10.5 Å². The number of aromatic amines is 1. The molecule has 1 aliphatic rings. The van der Waals surface area contributed by atoms with Gasteiger partial charge in [-0.3, -0.25) is 4.79 Å². The molecule has 8 nitrogen and oxygen atoms in total. The van der Waals surface area contributed by atoms with Crippen molar-refractivity contribution in [3.8, 4) is 17.1 Å². The fraction of sp³-hybridized carbons (Fsp3) is 0.375. The van der Waals surface area contributed by atoms with Crippen LogP contribution >= 0.6 is 0 Å². The number of aromatic nitrogens is 2. The topological polar surface area (TPSA) is 122 Å². The highest BCUT2D eigenvalue weighted by Crippen LogP contribution is 2.37. The predicted molar refractivity (Wildman–Crippen MR) is 122 cm³/mol. The third kappa shape index (κ3) is 4.00. The molecule has 1 fully saturated rings. The zero-order valence-electron chi connectivity index (χ0n) is 18.5. The number of rotatable bonds is 4. The summed E-state index contributed by atoms with van der Waals surface area (Å²) >= 11 is 0. The van der Waals surface area contributed by atoms with Crippen LogP contribution in [0.1, 0.15) is 44.0 Å². The van der Waals surface area contributed by atoms with Crippen molar-refractivity contribution in [1.82, 2.24) is 14.9 Å². The number of hydrogen-bond acceptors (Lipinski definition) is 4. The van der Waals surface area contributed by atoms with Gasteiger partial charge in [-0.2, -0.15) is 0 Å². The van der Waals surface area contributed by atoms with Crippen molar-refractivity contribution in [2.45, 2.75) is 45.8 Å². The van der Waals surface area contributed by atoms with Gasteiger partial charge in [0.1, 0.15) is 28.7 Å². The molecule has 4 rings (SSSR count).